The van der Waals surface area contributed by atoms with Gasteiger partial charge in [-0.2, -0.15) is 0 Å². The first-order valence-electron chi connectivity index (χ1n) is 8.36. The number of hydrogen-bond acceptors (Lipinski definition) is 7. The summed E-state index contributed by atoms with van der Waals surface area (Å²) < 4.78 is 6.06. The van der Waals surface area contributed by atoms with Gasteiger partial charge in [0.1, 0.15) is 5.76 Å². The van der Waals surface area contributed by atoms with Gasteiger partial charge in [0, 0.05) is 12.2 Å². The third-order valence-electron chi connectivity index (χ3n) is 4.18. The summed E-state index contributed by atoms with van der Waals surface area (Å²) in [7, 11) is 0. The van der Waals surface area contributed by atoms with Crippen LogP contribution in [-0.2, 0) is 17.8 Å². The molecule has 1 amide bonds. The molecular formula is C18H18N4O2S2. The number of nitrogens with zero attached hydrogens (tertiary/aromatic N) is 3. The Balaban J connectivity index is 1.36. The first kappa shape index (κ1) is 17.1. The molecule has 1 atom stereocenters. The van der Waals surface area contributed by atoms with Gasteiger partial charge in [0.15, 0.2) is 4.34 Å². The van der Waals surface area contributed by atoms with Crippen molar-refractivity contribution in [1.29, 1.82) is 0 Å². The van der Waals surface area contributed by atoms with Crippen molar-refractivity contribution in [3.8, 4) is 0 Å². The van der Waals surface area contributed by atoms with Crippen molar-refractivity contribution in [2.45, 2.75) is 29.5 Å². The number of amides is 1. The van der Waals surface area contributed by atoms with Crippen molar-refractivity contribution in [2.75, 3.05) is 16.8 Å². The number of thioether (sulfide) groups is 1. The van der Waals surface area contributed by atoms with Gasteiger partial charge in [-0.1, -0.05) is 41.3 Å². The zero-order valence-electron chi connectivity index (χ0n) is 14.2. The van der Waals surface area contributed by atoms with Gasteiger partial charge in [0.2, 0.25) is 11.0 Å². The molecule has 4 rings (SSSR count). The Morgan fingerprint density at radius 3 is 3.08 bits per heavy atom. The maximum Gasteiger partial charge on any atom is 0.240 e. The summed E-state index contributed by atoms with van der Waals surface area (Å²) >= 11 is 2.89. The van der Waals surface area contributed by atoms with Crippen LogP contribution in [0, 0.1) is 0 Å². The van der Waals surface area contributed by atoms with Gasteiger partial charge >= 0.3 is 0 Å². The van der Waals surface area contributed by atoms with E-state index in [1.807, 2.05) is 42.2 Å². The monoisotopic (exact) mass is 386 g/mol. The number of hydrogen-bond donors (Lipinski definition) is 1. The van der Waals surface area contributed by atoms with E-state index in [1.165, 1.54) is 28.7 Å². The Bertz CT molecular complexity index is 894. The third-order valence-corrected chi connectivity index (χ3v) is 6.23. The van der Waals surface area contributed by atoms with E-state index >= 15 is 0 Å². The lowest BCUT2D eigenvalue weighted by Gasteiger charge is -2.20. The minimum atomic E-state index is -0.216. The van der Waals surface area contributed by atoms with Crippen molar-refractivity contribution < 1.29 is 9.21 Å². The van der Waals surface area contributed by atoms with Crippen LogP contribution < -0.4 is 10.2 Å². The molecule has 0 radical (unpaired) electrons. The third kappa shape index (κ3) is 3.61. The number of para-hydroxylation sites is 1. The predicted molar refractivity (Wildman–Crippen MR) is 104 cm³/mol. The van der Waals surface area contributed by atoms with Crippen LogP contribution in [0.4, 0.5) is 10.8 Å². The molecule has 1 aliphatic rings. The minimum absolute atomic E-state index is 0.111. The summed E-state index contributed by atoms with van der Waals surface area (Å²) in [5.74, 6) is 0.950. The van der Waals surface area contributed by atoms with E-state index in [-0.39, 0.29) is 11.2 Å². The second-order valence-corrected chi connectivity index (χ2v) is 8.50. The zero-order chi connectivity index (χ0) is 17.9. The number of aromatic nitrogens is 2. The molecule has 26 heavy (non-hydrogen) atoms. The zero-order valence-corrected chi connectivity index (χ0v) is 15.8. The van der Waals surface area contributed by atoms with Crippen LogP contribution in [0.15, 0.2) is 51.4 Å². The van der Waals surface area contributed by atoms with E-state index in [4.69, 9.17) is 4.42 Å². The number of anilines is 2. The second kappa shape index (κ2) is 7.51. The van der Waals surface area contributed by atoms with Crippen molar-refractivity contribution in [1.82, 2.24) is 10.2 Å². The lowest BCUT2D eigenvalue weighted by Crippen LogP contribution is -2.35. The van der Waals surface area contributed by atoms with Gasteiger partial charge in [-0.25, -0.2) is 0 Å². The molecule has 1 N–H and O–H groups in total. The summed E-state index contributed by atoms with van der Waals surface area (Å²) in [5.41, 5.74) is 2.27. The molecule has 0 aliphatic carbocycles. The summed E-state index contributed by atoms with van der Waals surface area (Å²) in [4.78, 5) is 14.7. The smallest absolute Gasteiger partial charge is 0.240 e. The molecule has 0 saturated carbocycles. The van der Waals surface area contributed by atoms with E-state index in [0.29, 0.717) is 6.54 Å². The highest BCUT2D eigenvalue weighted by Crippen LogP contribution is 2.33. The molecule has 134 valence electrons. The van der Waals surface area contributed by atoms with Crippen LogP contribution in [0.3, 0.4) is 0 Å². The van der Waals surface area contributed by atoms with E-state index in [1.54, 1.807) is 6.26 Å². The van der Waals surface area contributed by atoms with Gasteiger partial charge in [-0.3, -0.25) is 4.79 Å². The molecule has 0 saturated heterocycles. The first-order chi connectivity index (χ1) is 12.7. The maximum absolute atomic E-state index is 12.8. The fourth-order valence-electron chi connectivity index (χ4n) is 2.89. The topological polar surface area (TPSA) is 71.3 Å². The average molecular weight is 387 g/mol. The minimum Gasteiger partial charge on any atom is -0.467 e. The molecule has 3 aromatic rings. The maximum atomic E-state index is 12.8. The van der Waals surface area contributed by atoms with Crippen molar-refractivity contribution in [2.24, 2.45) is 0 Å². The van der Waals surface area contributed by atoms with E-state index < -0.39 is 0 Å². The van der Waals surface area contributed by atoms with Gasteiger partial charge in [0.05, 0.1) is 18.1 Å². The number of nitrogens with one attached hydrogen (secondary N) is 1. The van der Waals surface area contributed by atoms with Gasteiger partial charge in [-0.05, 0) is 37.1 Å². The SMILES string of the molecule is C[C@H](Sc1nnc(NCc2ccco2)s1)C(=O)N1CCc2ccccc21. The number of carbonyl (C=O) groups is 1. The fraction of sp³-hybridized carbons (Fsp3) is 0.278. The fourth-order valence-corrected chi connectivity index (χ4v) is 4.85. The molecular weight excluding hydrogens is 368 g/mol. The van der Waals surface area contributed by atoms with Gasteiger partial charge in [-0.15, -0.1) is 10.2 Å². The largest absolute Gasteiger partial charge is 0.467 e. The Morgan fingerprint density at radius 1 is 1.35 bits per heavy atom. The van der Waals surface area contributed by atoms with E-state index in [9.17, 15) is 4.79 Å². The molecule has 0 bridgehead atoms. The normalized spacial score (nSPS) is 14.3. The van der Waals surface area contributed by atoms with Crippen LogP contribution in [0.1, 0.15) is 18.2 Å². The quantitative estimate of drug-likeness (QED) is 0.650. The first-order valence-corrected chi connectivity index (χ1v) is 10.1. The Kier molecular flexibility index (Phi) is 4.94. The van der Waals surface area contributed by atoms with Crippen LogP contribution in [0.25, 0.3) is 0 Å². The number of fused-ring (bicyclic) bond motifs is 1. The molecule has 0 unspecified atom stereocenters. The molecule has 2 aromatic heterocycles. The van der Waals surface area contributed by atoms with Gasteiger partial charge < -0.3 is 14.6 Å². The number of benzene rings is 1. The van der Waals surface area contributed by atoms with Gasteiger partial charge in [0.25, 0.3) is 0 Å². The molecule has 3 heterocycles. The number of furan rings is 1. The summed E-state index contributed by atoms with van der Waals surface area (Å²) in [5, 5.41) is 12.0. The van der Waals surface area contributed by atoms with E-state index in [0.717, 1.165) is 33.9 Å². The average Bonchev–Trinajstić information content (AvgIpc) is 3.40. The highest BCUT2D eigenvalue weighted by Gasteiger charge is 2.28. The van der Waals surface area contributed by atoms with Crippen molar-refractivity contribution >= 4 is 39.8 Å². The Labute approximate surface area is 159 Å². The van der Waals surface area contributed by atoms with Crippen LogP contribution in [-0.4, -0.2) is 27.9 Å². The Hall–Kier alpha value is -2.32. The highest BCUT2D eigenvalue weighted by atomic mass is 32.2. The van der Waals surface area contributed by atoms with E-state index in [2.05, 4.69) is 21.6 Å². The van der Waals surface area contributed by atoms with Crippen molar-refractivity contribution in [3.05, 3.63) is 54.0 Å². The van der Waals surface area contributed by atoms with Crippen LogP contribution in [0.5, 0.6) is 0 Å². The molecule has 0 spiro atoms. The Morgan fingerprint density at radius 2 is 2.23 bits per heavy atom. The van der Waals surface area contributed by atoms with Crippen LogP contribution >= 0.6 is 23.1 Å². The summed E-state index contributed by atoms with van der Waals surface area (Å²) in [6, 6.07) is 11.8. The summed E-state index contributed by atoms with van der Waals surface area (Å²) in [6.07, 6.45) is 2.56. The number of rotatable bonds is 6. The van der Waals surface area contributed by atoms with Crippen molar-refractivity contribution in [3.63, 3.8) is 0 Å². The molecule has 1 aromatic carbocycles. The molecule has 1 aliphatic heterocycles. The highest BCUT2D eigenvalue weighted by molar-refractivity contribution is 8.02. The van der Waals surface area contributed by atoms with Crippen LogP contribution in [0.2, 0.25) is 0 Å². The lowest BCUT2D eigenvalue weighted by molar-refractivity contribution is -0.117. The molecule has 8 heteroatoms. The standard InChI is InChI=1S/C18H18N4O2S2/c1-12(16(23)22-9-8-13-5-2-3-7-15(13)22)25-18-21-20-17(26-18)19-11-14-6-4-10-24-14/h2-7,10,12H,8-9,11H2,1H3,(H,19,20)/t12-/m0/s1. The molecule has 0 fully saturated rings. The predicted octanol–water partition coefficient (Wildman–Crippen LogP) is 3.81. The lowest BCUT2D eigenvalue weighted by atomic mass is 10.2. The number of carbonyl (C=O) groups excluding carboxylic acids is 1. The molecule has 6 nitrogen and oxygen atoms in total. The second-order valence-electron chi connectivity index (χ2n) is 5.93. The summed E-state index contributed by atoms with van der Waals surface area (Å²) in [6.45, 7) is 3.23.